The van der Waals surface area contributed by atoms with Gasteiger partial charge in [-0.1, -0.05) is 12.1 Å². The van der Waals surface area contributed by atoms with E-state index in [1.54, 1.807) is 7.11 Å². The Morgan fingerprint density at radius 2 is 2.00 bits per heavy atom. The van der Waals surface area contributed by atoms with Crippen molar-refractivity contribution in [1.82, 2.24) is 24.9 Å². The molecule has 0 saturated carbocycles. The third-order valence-electron chi connectivity index (χ3n) is 5.71. The Kier molecular flexibility index (Phi) is 7.68. The molecule has 8 heteroatoms. The number of benzene rings is 1. The second kappa shape index (κ2) is 10.4. The van der Waals surface area contributed by atoms with Gasteiger partial charge in [0, 0.05) is 50.4 Å². The Labute approximate surface area is 184 Å². The van der Waals surface area contributed by atoms with Crippen LogP contribution in [0.2, 0.25) is 0 Å². The second-order valence-corrected chi connectivity index (χ2v) is 7.67. The molecule has 168 valence electrons. The number of amides is 2. The van der Waals surface area contributed by atoms with E-state index in [1.165, 1.54) is 0 Å². The normalized spacial score (nSPS) is 13.5. The van der Waals surface area contributed by atoms with Crippen molar-refractivity contribution in [2.24, 2.45) is 0 Å². The minimum atomic E-state index is -0.167. The number of hydrogen-bond donors (Lipinski definition) is 1. The second-order valence-electron chi connectivity index (χ2n) is 7.67. The van der Waals surface area contributed by atoms with Gasteiger partial charge in [-0.15, -0.1) is 0 Å². The fourth-order valence-electron chi connectivity index (χ4n) is 4.05. The average Bonchev–Trinajstić information content (AvgIpc) is 3.12. The molecular formula is C23H33N5O3. The maximum atomic E-state index is 12.7. The quantitative estimate of drug-likeness (QED) is 0.661. The topological polar surface area (TPSA) is 79.7 Å². The minimum Gasteiger partial charge on any atom is -0.497 e. The molecule has 0 atom stereocenters. The van der Waals surface area contributed by atoms with Crippen molar-refractivity contribution in [3.05, 3.63) is 46.8 Å². The summed E-state index contributed by atoms with van der Waals surface area (Å²) >= 11 is 0. The van der Waals surface area contributed by atoms with E-state index in [-0.39, 0.29) is 11.8 Å². The van der Waals surface area contributed by atoms with Crippen LogP contribution in [0.1, 0.15) is 48.1 Å². The van der Waals surface area contributed by atoms with Crippen LogP contribution in [0.25, 0.3) is 0 Å². The van der Waals surface area contributed by atoms with Gasteiger partial charge in [0.1, 0.15) is 5.75 Å². The van der Waals surface area contributed by atoms with Crippen molar-refractivity contribution in [3.63, 3.8) is 0 Å². The zero-order chi connectivity index (χ0) is 22.4. The molecule has 1 aliphatic rings. The highest BCUT2D eigenvalue weighted by Crippen LogP contribution is 2.24. The van der Waals surface area contributed by atoms with E-state index in [9.17, 15) is 9.59 Å². The van der Waals surface area contributed by atoms with E-state index in [0.717, 1.165) is 35.5 Å². The molecule has 1 aromatic carbocycles. The van der Waals surface area contributed by atoms with Crippen LogP contribution in [0, 0.1) is 0 Å². The molecule has 3 rings (SSSR count). The molecule has 31 heavy (non-hydrogen) atoms. The summed E-state index contributed by atoms with van der Waals surface area (Å²) in [7, 11) is 1.65. The van der Waals surface area contributed by atoms with E-state index in [4.69, 9.17) is 4.74 Å². The highest BCUT2D eigenvalue weighted by atomic mass is 16.5. The molecule has 0 bridgehead atoms. The van der Waals surface area contributed by atoms with Gasteiger partial charge < -0.3 is 15.0 Å². The summed E-state index contributed by atoms with van der Waals surface area (Å²) in [5, 5.41) is 7.56. The fraction of sp³-hybridized carbons (Fsp3) is 0.522. The lowest BCUT2D eigenvalue weighted by Gasteiger charge is -2.29. The number of nitrogens with one attached hydrogen (secondary N) is 1. The van der Waals surface area contributed by atoms with E-state index in [1.807, 2.05) is 54.6 Å². The zero-order valence-corrected chi connectivity index (χ0v) is 19.0. The molecule has 0 fully saturated rings. The van der Waals surface area contributed by atoms with Crippen molar-refractivity contribution < 1.29 is 14.3 Å². The van der Waals surface area contributed by atoms with E-state index in [0.29, 0.717) is 45.0 Å². The standard InChI is InChI=1S/C23H33N5O3/c1-5-24-23(30)22-19-15-26(16-21(29)27(6-2)7-3)12-11-20(19)28(25-22)14-17-9-8-10-18(13-17)31-4/h8-10,13H,5-7,11-12,14-16H2,1-4H3,(H,24,30). The SMILES string of the molecule is CCNC(=O)c1nn(Cc2cccc(OC)c2)c2c1CN(CC(=O)N(CC)CC)CC2. The maximum absolute atomic E-state index is 12.7. The lowest BCUT2D eigenvalue weighted by atomic mass is 10.0. The number of nitrogens with zero attached hydrogens (tertiary/aromatic N) is 4. The molecule has 0 spiro atoms. The number of hydrogen-bond acceptors (Lipinski definition) is 5. The Bertz CT molecular complexity index is 920. The third-order valence-corrected chi connectivity index (χ3v) is 5.71. The maximum Gasteiger partial charge on any atom is 0.272 e. The van der Waals surface area contributed by atoms with Crippen LogP contribution in [-0.4, -0.2) is 71.2 Å². The van der Waals surface area contributed by atoms with Crippen LogP contribution in [-0.2, 0) is 24.3 Å². The number of fused-ring (bicyclic) bond motifs is 1. The van der Waals surface area contributed by atoms with Crippen LogP contribution in [0.15, 0.2) is 24.3 Å². The highest BCUT2D eigenvalue weighted by molar-refractivity contribution is 5.94. The molecule has 2 aromatic rings. The van der Waals surface area contributed by atoms with Crippen LogP contribution in [0.3, 0.4) is 0 Å². The predicted octanol–water partition coefficient (Wildman–Crippen LogP) is 1.92. The zero-order valence-electron chi connectivity index (χ0n) is 19.0. The first-order valence-electron chi connectivity index (χ1n) is 11.0. The number of aromatic nitrogens is 2. The van der Waals surface area contributed by atoms with Gasteiger partial charge in [0.15, 0.2) is 5.69 Å². The highest BCUT2D eigenvalue weighted by Gasteiger charge is 2.29. The van der Waals surface area contributed by atoms with Crippen LogP contribution < -0.4 is 10.1 Å². The van der Waals surface area contributed by atoms with Gasteiger partial charge in [0.25, 0.3) is 5.91 Å². The Morgan fingerprint density at radius 1 is 1.23 bits per heavy atom. The summed E-state index contributed by atoms with van der Waals surface area (Å²) in [4.78, 5) is 29.3. The molecule has 1 N–H and O–H groups in total. The minimum absolute atomic E-state index is 0.122. The molecule has 0 unspecified atom stereocenters. The molecule has 1 aromatic heterocycles. The average molecular weight is 428 g/mol. The first kappa shape index (κ1) is 22.8. The van der Waals surface area contributed by atoms with Crippen molar-refractivity contribution >= 4 is 11.8 Å². The van der Waals surface area contributed by atoms with Gasteiger partial charge >= 0.3 is 0 Å². The summed E-state index contributed by atoms with van der Waals surface area (Å²) in [6, 6.07) is 7.88. The van der Waals surface area contributed by atoms with E-state index >= 15 is 0 Å². The Hall–Kier alpha value is -2.87. The fourth-order valence-corrected chi connectivity index (χ4v) is 4.05. The third kappa shape index (κ3) is 5.25. The monoisotopic (exact) mass is 427 g/mol. The van der Waals surface area contributed by atoms with Gasteiger partial charge in [-0.3, -0.25) is 19.2 Å². The van der Waals surface area contributed by atoms with Crippen molar-refractivity contribution in [2.75, 3.05) is 39.8 Å². The summed E-state index contributed by atoms with van der Waals surface area (Å²) in [6.45, 7) is 10.1. The smallest absolute Gasteiger partial charge is 0.272 e. The van der Waals surface area contributed by atoms with Crippen molar-refractivity contribution in [3.8, 4) is 5.75 Å². The van der Waals surface area contributed by atoms with Gasteiger partial charge in [-0.25, -0.2) is 0 Å². The van der Waals surface area contributed by atoms with Gasteiger partial charge in [0.2, 0.25) is 5.91 Å². The summed E-state index contributed by atoms with van der Waals surface area (Å²) < 4.78 is 7.26. The number of ether oxygens (including phenoxy) is 1. The van der Waals surface area contributed by atoms with Crippen LogP contribution in [0.4, 0.5) is 0 Å². The summed E-state index contributed by atoms with van der Waals surface area (Å²) in [6.07, 6.45) is 0.747. The number of carbonyl (C=O) groups excluding carboxylic acids is 2. The first-order valence-corrected chi connectivity index (χ1v) is 11.0. The molecule has 2 heterocycles. The van der Waals surface area contributed by atoms with E-state index < -0.39 is 0 Å². The van der Waals surface area contributed by atoms with Gasteiger partial charge in [-0.2, -0.15) is 5.10 Å². The van der Waals surface area contributed by atoms with Crippen molar-refractivity contribution in [2.45, 2.75) is 40.3 Å². The number of rotatable bonds is 9. The predicted molar refractivity (Wildman–Crippen MR) is 119 cm³/mol. The number of likely N-dealkylation sites (N-methyl/N-ethyl adjacent to an activating group) is 1. The lowest BCUT2D eigenvalue weighted by molar-refractivity contribution is -0.132. The first-order chi connectivity index (χ1) is 15.0. The number of carbonyl (C=O) groups is 2. The lowest BCUT2D eigenvalue weighted by Crippen LogP contribution is -2.42. The van der Waals surface area contributed by atoms with Crippen LogP contribution in [0.5, 0.6) is 5.75 Å². The molecule has 8 nitrogen and oxygen atoms in total. The van der Waals surface area contributed by atoms with Crippen molar-refractivity contribution in [1.29, 1.82) is 0 Å². The summed E-state index contributed by atoms with van der Waals surface area (Å²) in [5.41, 5.74) is 3.51. The Balaban J connectivity index is 1.86. The van der Waals surface area contributed by atoms with Gasteiger partial charge in [0.05, 0.1) is 20.2 Å². The van der Waals surface area contributed by atoms with E-state index in [2.05, 4.69) is 15.3 Å². The van der Waals surface area contributed by atoms with Gasteiger partial charge in [-0.05, 0) is 38.5 Å². The summed E-state index contributed by atoms with van der Waals surface area (Å²) in [5.74, 6) is 0.750. The molecule has 2 amide bonds. The number of methoxy groups -OCH3 is 1. The molecular weight excluding hydrogens is 394 g/mol. The largest absolute Gasteiger partial charge is 0.497 e. The molecule has 0 aliphatic carbocycles. The van der Waals surface area contributed by atoms with Crippen LogP contribution >= 0.6 is 0 Å². The Morgan fingerprint density at radius 3 is 2.68 bits per heavy atom. The molecule has 0 saturated heterocycles. The molecule has 1 aliphatic heterocycles. The molecule has 0 radical (unpaired) electrons.